The van der Waals surface area contributed by atoms with Crippen molar-refractivity contribution in [3.63, 3.8) is 0 Å². The lowest BCUT2D eigenvalue weighted by molar-refractivity contribution is -0.138. The largest absolute Gasteiger partial charge is 0.480 e. The molecule has 134 valence electrons. The Morgan fingerprint density at radius 2 is 1.30 bits per heavy atom. The molecule has 0 aromatic rings. The molecule has 0 aliphatic carbocycles. The molecule has 1 N–H and O–H groups in total. The van der Waals surface area contributed by atoms with Crippen LogP contribution in [0.2, 0.25) is 0 Å². The van der Waals surface area contributed by atoms with Gasteiger partial charge in [0.15, 0.2) is 0 Å². The van der Waals surface area contributed by atoms with Gasteiger partial charge in [-0.25, -0.2) is 0 Å². The van der Waals surface area contributed by atoms with Gasteiger partial charge in [0.2, 0.25) is 0 Å². The van der Waals surface area contributed by atoms with Crippen molar-refractivity contribution in [2.24, 2.45) is 0 Å². The number of rotatable bonds is 4. The highest BCUT2D eigenvalue weighted by atomic mass is 16.4. The Labute approximate surface area is 141 Å². The molecule has 0 spiro atoms. The number of carboxylic acids is 1. The van der Waals surface area contributed by atoms with E-state index in [1.54, 1.807) is 0 Å². The van der Waals surface area contributed by atoms with Gasteiger partial charge in [-0.15, -0.1) is 0 Å². The van der Waals surface area contributed by atoms with Gasteiger partial charge in [0.05, 0.1) is 6.54 Å². The number of carboxylic acid groups (broad SMARTS) is 1. The van der Waals surface area contributed by atoms with Crippen molar-refractivity contribution in [3.8, 4) is 0 Å². The minimum absolute atomic E-state index is 0.179. The van der Waals surface area contributed by atoms with Crippen LogP contribution in [0.4, 0.5) is 0 Å². The SMILES string of the molecule is CCCN1CCCN2CCN(CCCN(CC(=O)O)CC2)CC1. The molecule has 2 fully saturated rings. The molecule has 2 unspecified atom stereocenters. The first-order chi connectivity index (χ1) is 11.2. The molecule has 2 atom stereocenters. The molecule has 6 nitrogen and oxygen atoms in total. The number of fused-ring (bicyclic) bond motifs is 3. The lowest BCUT2D eigenvalue weighted by atomic mass is 10.2. The predicted octanol–water partition coefficient (Wildman–Crippen LogP) is 0.496. The lowest BCUT2D eigenvalue weighted by Crippen LogP contribution is -2.47. The summed E-state index contributed by atoms with van der Waals surface area (Å²) in [6.45, 7) is 14.4. The molecule has 2 aliphatic rings. The van der Waals surface area contributed by atoms with Gasteiger partial charge in [-0.1, -0.05) is 6.92 Å². The molecule has 6 heteroatoms. The van der Waals surface area contributed by atoms with Gasteiger partial charge in [-0.2, -0.15) is 0 Å². The first kappa shape index (κ1) is 18.6. The topological polar surface area (TPSA) is 50.3 Å². The zero-order valence-corrected chi connectivity index (χ0v) is 14.8. The summed E-state index contributed by atoms with van der Waals surface area (Å²) in [4.78, 5) is 20.8. The van der Waals surface area contributed by atoms with E-state index < -0.39 is 5.97 Å². The van der Waals surface area contributed by atoms with E-state index in [9.17, 15) is 4.79 Å². The van der Waals surface area contributed by atoms with Gasteiger partial charge in [0.25, 0.3) is 0 Å². The normalized spacial score (nSPS) is 29.3. The van der Waals surface area contributed by atoms with Crippen molar-refractivity contribution in [2.75, 3.05) is 78.5 Å². The highest BCUT2D eigenvalue weighted by Gasteiger charge is 2.18. The van der Waals surface area contributed by atoms with Crippen LogP contribution in [-0.4, -0.2) is 109 Å². The smallest absolute Gasteiger partial charge is 0.317 e. The van der Waals surface area contributed by atoms with E-state index in [1.807, 2.05) is 0 Å². The van der Waals surface area contributed by atoms with Crippen LogP contribution < -0.4 is 0 Å². The van der Waals surface area contributed by atoms with Crippen molar-refractivity contribution in [1.29, 1.82) is 0 Å². The summed E-state index contributed by atoms with van der Waals surface area (Å²) in [7, 11) is 0. The van der Waals surface area contributed by atoms with Gasteiger partial charge in [0.1, 0.15) is 0 Å². The van der Waals surface area contributed by atoms with Crippen LogP contribution in [0.1, 0.15) is 26.2 Å². The summed E-state index contributed by atoms with van der Waals surface area (Å²) in [5.41, 5.74) is 0. The number of hydrogen-bond acceptors (Lipinski definition) is 5. The molecule has 0 saturated carbocycles. The molecule has 2 heterocycles. The second-order valence-electron chi connectivity index (χ2n) is 6.90. The van der Waals surface area contributed by atoms with Crippen LogP contribution in [0.5, 0.6) is 0 Å². The molecule has 0 aromatic carbocycles. The van der Waals surface area contributed by atoms with Crippen LogP contribution in [0, 0.1) is 0 Å². The quantitative estimate of drug-likeness (QED) is 0.812. The Morgan fingerprint density at radius 3 is 1.87 bits per heavy atom. The fraction of sp³-hybridized carbons (Fsp3) is 0.941. The third-order valence-electron chi connectivity index (χ3n) is 4.99. The second-order valence-corrected chi connectivity index (χ2v) is 6.90. The maximum absolute atomic E-state index is 11.0. The van der Waals surface area contributed by atoms with E-state index in [-0.39, 0.29) is 6.54 Å². The van der Waals surface area contributed by atoms with Gasteiger partial charge >= 0.3 is 5.97 Å². The van der Waals surface area contributed by atoms with Gasteiger partial charge in [-0.05, 0) is 45.4 Å². The monoisotopic (exact) mass is 326 g/mol. The Kier molecular flexibility index (Phi) is 8.30. The average Bonchev–Trinajstić information content (AvgIpc) is 2.52. The first-order valence-corrected chi connectivity index (χ1v) is 9.28. The summed E-state index contributed by atoms with van der Waals surface area (Å²) in [6, 6.07) is 0. The van der Waals surface area contributed by atoms with Crippen LogP contribution in [0.3, 0.4) is 0 Å². The molecule has 0 amide bonds. The summed E-state index contributed by atoms with van der Waals surface area (Å²) >= 11 is 0. The highest BCUT2D eigenvalue weighted by Crippen LogP contribution is 2.06. The molecular weight excluding hydrogens is 292 g/mol. The molecular formula is C17H34N4O2. The standard InChI is InChI=1S/C17H34N4O2/c1-2-5-18-6-3-7-20-13-12-19(11-10-18)8-4-9-21(15-14-20)16-17(22)23/h2-16H2,1H3,(H,22,23). The van der Waals surface area contributed by atoms with Crippen LogP contribution in [0.15, 0.2) is 0 Å². The van der Waals surface area contributed by atoms with E-state index in [2.05, 4.69) is 26.5 Å². The molecule has 0 aromatic heterocycles. The molecule has 2 bridgehead atoms. The minimum atomic E-state index is -0.707. The maximum atomic E-state index is 11.0. The predicted molar refractivity (Wildman–Crippen MR) is 92.9 cm³/mol. The van der Waals surface area contributed by atoms with Crippen molar-refractivity contribution < 1.29 is 9.90 Å². The summed E-state index contributed by atoms with van der Waals surface area (Å²) in [5.74, 6) is -0.707. The molecule has 2 aliphatic heterocycles. The van der Waals surface area contributed by atoms with Gasteiger partial charge in [-0.3, -0.25) is 9.69 Å². The third kappa shape index (κ3) is 7.16. The van der Waals surface area contributed by atoms with Crippen molar-refractivity contribution >= 4 is 5.97 Å². The fourth-order valence-corrected chi connectivity index (χ4v) is 3.67. The fourth-order valence-electron chi connectivity index (χ4n) is 3.67. The van der Waals surface area contributed by atoms with Crippen molar-refractivity contribution in [1.82, 2.24) is 19.6 Å². The van der Waals surface area contributed by atoms with Crippen molar-refractivity contribution in [2.45, 2.75) is 26.2 Å². The van der Waals surface area contributed by atoms with Crippen molar-refractivity contribution in [3.05, 3.63) is 0 Å². The van der Waals surface area contributed by atoms with E-state index in [0.717, 1.165) is 58.8 Å². The van der Waals surface area contributed by atoms with E-state index in [4.69, 9.17) is 5.11 Å². The lowest BCUT2D eigenvalue weighted by Gasteiger charge is -2.35. The maximum Gasteiger partial charge on any atom is 0.317 e. The van der Waals surface area contributed by atoms with Crippen LogP contribution in [0.25, 0.3) is 0 Å². The molecule has 0 radical (unpaired) electrons. The summed E-state index contributed by atoms with van der Waals surface area (Å²) in [5, 5.41) is 9.08. The number of carbonyl (C=O) groups is 1. The average molecular weight is 326 g/mol. The zero-order valence-electron chi connectivity index (χ0n) is 14.8. The van der Waals surface area contributed by atoms with Gasteiger partial charge in [0, 0.05) is 45.8 Å². The molecule has 2 saturated heterocycles. The third-order valence-corrected chi connectivity index (χ3v) is 4.99. The number of hydrogen-bond donors (Lipinski definition) is 1. The molecule has 2 rings (SSSR count). The Bertz CT molecular complexity index is 353. The van der Waals surface area contributed by atoms with Gasteiger partial charge < -0.3 is 19.8 Å². The second kappa shape index (κ2) is 10.2. The summed E-state index contributed by atoms with van der Waals surface area (Å²) in [6.07, 6.45) is 3.52. The molecule has 23 heavy (non-hydrogen) atoms. The van der Waals surface area contributed by atoms with Crippen LogP contribution >= 0.6 is 0 Å². The summed E-state index contributed by atoms with van der Waals surface area (Å²) < 4.78 is 0. The Balaban J connectivity index is 1.95. The van der Waals surface area contributed by atoms with E-state index in [0.29, 0.717) is 0 Å². The number of aliphatic carboxylic acids is 1. The highest BCUT2D eigenvalue weighted by molar-refractivity contribution is 5.69. The van der Waals surface area contributed by atoms with Crippen LogP contribution in [-0.2, 0) is 4.79 Å². The minimum Gasteiger partial charge on any atom is -0.480 e. The van der Waals surface area contributed by atoms with E-state index >= 15 is 0 Å². The van der Waals surface area contributed by atoms with E-state index in [1.165, 1.54) is 32.5 Å². The Morgan fingerprint density at radius 1 is 0.783 bits per heavy atom. The zero-order chi connectivity index (χ0) is 16.5. The Hall–Kier alpha value is -0.690. The number of nitrogens with zero attached hydrogens (tertiary/aromatic N) is 4. The first-order valence-electron chi connectivity index (χ1n) is 9.28.